The third-order valence-corrected chi connectivity index (χ3v) is 5.81. The van der Waals surface area contributed by atoms with Gasteiger partial charge in [0.15, 0.2) is 0 Å². The number of hydrogen-bond donors (Lipinski definition) is 2. The average Bonchev–Trinajstić information content (AvgIpc) is 2.71. The van der Waals surface area contributed by atoms with Gasteiger partial charge < -0.3 is 10.5 Å². The number of thiophene rings is 1. The molecule has 0 bridgehead atoms. The zero-order chi connectivity index (χ0) is 14.9. The van der Waals surface area contributed by atoms with E-state index in [1.807, 2.05) is 0 Å². The summed E-state index contributed by atoms with van der Waals surface area (Å²) in [6.07, 6.45) is 0. The molecule has 8 heteroatoms. The first-order valence-electron chi connectivity index (χ1n) is 5.56. The van der Waals surface area contributed by atoms with E-state index in [1.165, 1.54) is 18.4 Å². The van der Waals surface area contributed by atoms with Gasteiger partial charge in [0.05, 0.1) is 22.3 Å². The van der Waals surface area contributed by atoms with Crippen molar-refractivity contribution in [1.82, 2.24) is 0 Å². The number of methoxy groups -OCH3 is 1. The van der Waals surface area contributed by atoms with Crippen LogP contribution in [0.2, 0.25) is 0 Å². The van der Waals surface area contributed by atoms with E-state index in [1.54, 1.807) is 31.2 Å². The minimum absolute atomic E-state index is 0.240. The lowest BCUT2D eigenvalue weighted by Gasteiger charge is -2.11. The molecule has 0 fully saturated rings. The maximum Gasteiger partial charge on any atom is 0.263 e. The molecule has 0 spiro atoms. The Kier molecular flexibility index (Phi) is 4.26. The van der Waals surface area contributed by atoms with Crippen LogP contribution in [0.5, 0.6) is 5.75 Å². The van der Waals surface area contributed by atoms with E-state index in [-0.39, 0.29) is 4.90 Å². The summed E-state index contributed by atoms with van der Waals surface area (Å²) in [5.74, 6) is 0.569. The van der Waals surface area contributed by atoms with Gasteiger partial charge >= 0.3 is 0 Å². The number of halogens is 1. The van der Waals surface area contributed by atoms with Gasteiger partial charge in [-0.05, 0) is 41.1 Å². The molecule has 20 heavy (non-hydrogen) atoms. The number of sulfonamides is 1. The molecule has 2 aromatic rings. The Hall–Kier alpha value is -1.25. The van der Waals surface area contributed by atoms with Gasteiger partial charge in [-0.1, -0.05) is 0 Å². The molecular formula is C12H13BrN2O3S2. The molecule has 0 aliphatic rings. The zero-order valence-corrected chi connectivity index (χ0v) is 14.0. The van der Waals surface area contributed by atoms with Crippen molar-refractivity contribution in [2.24, 2.45) is 0 Å². The van der Waals surface area contributed by atoms with Crippen LogP contribution in [0.3, 0.4) is 0 Å². The number of ether oxygens (including phenoxy) is 1. The first-order valence-corrected chi connectivity index (χ1v) is 8.65. The highest BCUT2D eigenvalue weighted by molar-refractivity contribution is 9.11. The van der Waals surface area contributed by atoms with Crippen molar-refractivity contribution in [2.75, 3.05) is 17.6 Å². The summed E-state index contributed by atoms with van der Waals surface area (Å²) in [6, 6.07) is 6.35. The topological polar surface area (TPSA) is 81.4 Å². The Morgan fingerprint density at radius 1 is 1.35 bits per heavy atom. The van der Waals surface area contributed by atoms with Crippen LogP contribution in [-0.4, -0.2) is 15.5 Å². The molecule has 3 N–H and O–H groups in total. The lowest BCUT2D eigenvalue weighted by molar-refractivity contribution is 0.415. The fourth-order valence-corrected chi connectivity index (χ4v) is 5.16. The van der Waals surface area contributed by atoms with Gasteiger partial charge in [-0.2, -0.15) is 0 Å². The van der Waals surface area contributed by atoms with Crippen LogP contribution in [0.1, 0.15) is 4.88 Å². The Morgan fingerprint density at radius 3 is 2.55 bits per heavy atom. The van der Waals surface area contributed by atoms with E-state index in [2.05, 4.69) is 20.7 Å². The number of benzene rings is 1. The van der Waals surface area contributed by atoms with Crippen molar-refractivity contribution < 1.29 is 13.2 Å². The molecule has 0 saturated carbocycles. The number of nitrogen functional groups attached to an aromatic ring is 1. The summed E-state index contributed by atoms with van der Waals surface area (Å²) in [5.41, 5.74) is 6.44. The quantitative estimate of drug-likeness (QED) is 0.802. The van der Waals surface area contributed by atoms with Crippen molar-refractivity contribution in [3.05, 3.63) is 32.9 Å². The Labute approximate surface area is 129 Å². The standard InChI is InChI=1S/C12H13BrN2O3S2/c1-7-11(6-12(13)19-7)20(16,17)15-10-4-3-8(18-2)5-9(10)14/h3-6,15H,14H2,1-2H3. The van der Waals surface area contributed by atoms with E-state index in [0.29, 0.717) is 22.0 Å². The number of nitrogens with two attached hydrogens (primary N) is 1. The second-order valence-electron chi connectivity index (χ2n) is 4.03. The number of rotatable bonds is 4. The van der Waals surface area contributed by atoms with E-state index in [9.17, 15) is 8.42 Å². The molecule has 0 aliphatic heterocycles. The highest BCUT2D eigenvalue weighted by Crippen LogP contribution is 2.32. The maximum atomic E-state index is 12.3. The van der Waals surface area contributed by atoms with Gasteiger partial charge in [-0.15, -0.1) is 11.3 Å². The van der Waals surface area contributed by atoms with E-state index in [4.69, 9.17) is 10.5 Å². The van der Waals surface area contributed by atoms with E-state index < -0.39 is 10.0 Å². The van der Waals surface area contributed by atoms with E-state index >= 15 is 0 Å². The largest absolute Gasteiger partial charge is 0.497 e. The highest BCUT2D eigenvalue weighted by Gasteiger charge is 2.20. The number of aryl methyl sites for hydroxylation is 1. The van der Waals surface area contributed by atoms with Gasteiger partial charge in [0.25, 0.3) is 10.0 Å². The Morgan fingerprint density at radius 2 is 2.05 bits per heavy atom. The van der Waals surface area contributed by atoms with Crippen LogP contribution in [0.25, 0.3) is 0 Å². The van der Waals surface area contributed by atoms with Crippen LogP contribution in [0, 0.1) is 6.92 Å². The second-order valence-corrected chi connectivity index (χ2v) is 8.32. The molecule has 0 unspecified atom stereocenters. The normalized spacial score (nSPS) is 11.3. The molecule has 5 nitrogen and oxygen atoms in total. The van der Waals surface area contributed by atoms with Gasteiger partial charge in [-0.3, -0.25) is 4.72 Å². The van der Waals surface area contributed by atoms with Crippen LogP contribution in [-0.2, 0) is 10.0 Å². The summed E-state index contributed by atoms with van der Waals surface area (Å²) >= 11 is 4.64. The lowest BCUT2D eigenvalue weighted by Crippen LogP contribution is -2.14. The molecule has 108 valence electrons. The smallest absolute Gasteiger partial charge is 0.263 e. The molecule has 0 amide bonds. The summed E-state index contributed by atoms with van der Waals surface area (Å²) in [5, 5.41) is 0. The number of hydrogen-bond acceptors (Lipinski definition) is 5. The monoisotopic (exact) mass is 376 g/mol. The molecule has 1 aromatic carbocycles. The SMILES string of the molecule is COc1ccc(NS(=O)(=O)c2cc(Br)sc2C)c(N)c1. The molecule has 0 radical (unpaired) electrons. The van der Waals surface area contributed by atoms with Crippen molar-refractivity contribution in [3.8, 4) is 5.75 Å². The van der Waals surface area contributed by atoms with Gasteiger partial charge in [0, 0.05) is 10.9 Å². The molecule has 0 aliphatic carbocycles. The molecule has 0 atom stereocenters. The first kappa shape index (κ1) is 15.1. The Balaban J connectivity index is 2.36. The van der Waals surface area contributed by atoms with Crippen LogP contribution in [0.15, 0.2) is 32.9 Å². The van der Waals surface area contributed by atoms with Crippen molar-refractivity contribution in [2.45, 2.75) is 11.8 Å². The molecule has 1 aromatic heterocycles. The first-order chi connectivity index (χ1) is 9.33. The predicted octanol–water partition coefficient (Wildman–Crippen LogP) is 3.21. The minimum atomic E-state index is -3.66. The summed E-state index contributed by atoms with van der Waals surface area (Å²) in [4.78, 5) is 0.945. The van der Waals surface area contributed by atoms with Gasteiger partial charge in [0.1, 0.15) is 10.6 Å². The summed E-state index contributed by atoms with van der Waals surface area (Å²) < 4.78 is 32.9. The molecular weight excluding hydrogens is 364 g/mol. The van der Waals surface area contributed by atoms with Crippen molar-refractivity contribution in [3.63, 3.8) is 0 Å². The van der Waals surface area contributed by atoms with Crippen LogP contribution in [0.4, 0.5) is 11.4 Å². The summed E-state index contributed by atoms with van der Waals surface area (Å²) in [7, 11) is -2.14. The Bertz CT molecular complexity index is 741. The van der Waals surface area contributed by atoms with E-state index in [0.717, 1.165) is 3.79 Å². The van der Waals surface area contributed by atoms with Gasteiger partial charge in [0.2, 0.25) is 0 Å². The molecule has 0 saturated heterocycles. The highest BCUT2D eigenvalue weighted by atomic mass is 79.9. The zero-order valence-electron chi connectivity index (χ0n) is 10.8. The maximum absolute atomic E-state index is 12.3. The molecule has 2 rings (SSSR count). The van der Waals surface area contributed by atoms with Gasteiger partial charge in [-0.25, -0.2) is 8.42 Å². The summed E-state index contributed by atoms with van der Waals surface area (Å²) in [6.45, 7) is 1.75. The van der Waals surface area contributed by atoms with Crippen molar-refractivity contribution in [1.29, 1.82) is 0 Å². The lowest BCUT2D eigenvalue weighted by atomic mass is 10.2. The number of nitrogens with one attached hydrogen (secondary N) is 1. The van der Waals surface area contributed by atoms with Crippen LogP contribution >= 0.6 is 27.3 Å². The average molecular weight is 377 g/mol. The minimum Gasteiger partial charge on any atom is -0.497 e. The third-order valence-electron chi connectivity index (χ3n) is 2.63. The second kappa shape index (κ2) is 5.63. The van der Waals surface area contributed by atoms with Crippen molar-refractivity contribution >= 4 is 48.7 Å². The molecule has 1 heterocycles. The van der Waals surface area contributed by atoms with Crippen LogP contribution < -0.4 is 15.2 Å². The fraction of sp³-hybridized carbons (Fsp3) is 0.167. The predicted molar refractivity (Wildman–Crippen MR) is 85.0 cm³/mol. The fourth-order valence-electron chi connectivity index (χ4n) is 1.66. The number of anilines is 2. The third kappa shape index (κ3) is 3.08.